The third kappa shape index (κ3) is 3.82. The van der Waals surface area contributed by atoms with Crippen molar-refractivity contribution >= 4 is 5.91 Å². The molecule has 1 amide bonds. The number of amides is 1. The summed E-state index contributed by atoms with van der Waals surface area (Å²) in [7, 11) is 1.64. The number of carbonyl (C=O) groups excluding carboxylic acids is 1. The van der Waals surface area contributed by atoms with Gasteiger partial charge in [0.05, 0.1) is 6.04 Å². The van der Waals surface area contributed by atoms with E-state index in [9.17, 15) is 9.18 Å². The van der Waals surface area contributed by atoms with Gasteiger partial charge in [-0.05, 0) is 12.5 Å². The Kier molecular flexibility index (Phi) is 5.10. The highest BCUT2D eigenvalue weighted by Gasteiger charge is 2.17. The highest BCUT2D eigenvalue weighted by atomic mass is 19.1. The minimum atomic E-state index is -0.489. The van der Waals surface area contributed by atoms with Crippen LogP contribution in [0.5, 0.6) is 0 Å². The topological polar surface area (TPSA) is 46.3 Å². The summed E-state index contributed by atoms with van der Waals surface area (Å²) in [6.07, 6.45) is 1.51. The molecule has 0 bridgehead atoms. The zero-order valence-corrected chi connectivity index (χ0v) is 10.3. The maximum atomic E-state index is 13.4. The Balaban J connectivity index is 2.63. The molecule has 0 unspecified atom stereocenters. The van der Waals surface area contributed by atoms with E-state index in [1.165, 1.54) is 11.0 Å². The van der Waals surface area contributed by atoms with E-state index in [1.54, 1.807) is 25.2 Å². The van der Waals surface area contributed by atoms with Crippen LogP contribution in [-0.4, -0.2) is 23.9 Å². The van der Waals surface area contributed by atoms with Crippen molar-refractivity contribution in [1.29, 1.82) is 0 Å². The monoisotopic (exact) mass is 238 g/mol. The lowest BCUT2D eigenvalue weighted by atomic mass is 10.1. The first-order valence-corrected chi connectivity index (χ1v) is 5.80. The molecule has 0 radical (unpaired) electrons. The fourth-order valence-corrected chi connectivity index (χ4v) is 1.68. The van der Waals surface area contributed by atoms with Crippen molar-refractivity contribution in [2.45, 2.75) is 32.4 Å². The Morgan fingerprint density at radius 1 is 1.47 bits per heavy atom. The summed E-state index contributed by atoms with van der Waals surface area (Å²) in [6.45, 7) is 2.23. The van der Waals surface area contributed by atoms with Gasteiger partial charge in [0.2, 0.25) is 5.91 Å². The summed E-state index contributed by atoms with van der Waals surface area (Å²) in [6, 6.07) is 5.95. The number of hydrogen-bond acceptors (Lipinski definition) is 2. The second-order valence-corrected chi connectivity index (χ2v) is 4.18. The van der Waals surface area contributed by atoms with Gasteiger partial charge >= 0.3 is 0 Å². The first kappa shape index (κ1) is 13.6. The summed E-state index contributed by atoms with van der Waals surface area (Å²) in [5, 5.41) is 0. The molecule has 2 N–H and O–H groups in total. The van der Waals surface area contributed by atoms with Crippen molar-refractivity contribution in [3.05, 3.63) is 35.6 Å². The van der Waals surface area contributed by atoms with Crippen molar-refractivity contribution in [1.82, 2.24) is 4.90 Å². The van der Waals surface area contributed by atoms with Gasteiger partial charge < -0.3 is 10.6 Å². The van der Waals surface area contributed by atoms with Gasteiger partial charge in [0.25, 0.3) is 0 Å². The fourth-order valence-electron chi connectivity index (χ4n) is 1.68. The van der Waals surface area contributed by atoms with E-state index in [-0.39, 0.29) is 18.3 Å². The minimum absolute atomic E-state index is 0.143. The molecule has 1 rings (SSSR count). The van der Waals surface area contributed by atoms with E-state index < -0.39 is 6.04 Å². The Morgan fingerprint density at radius 3 is 2.71 bits per heavy atom. The van der Waals surface area contributed by atoms with Gasteiger partial charge in [0.15, 0.2) is 0 Å². The quantitative estimate of drug-likeness (QED) is 0.851. The summed E-state index contributed by atoms with van der Waals surface area (Å²) in [4.78, 5) is 13.3. The molecule has 0 saturated carbocycles. The highest BCUT2D eigenvalue weighted by Crippen LogP contribution is 2.10. The molecule has 0 spiro atoms. The maximum absolute atomic E-state index is 13.4. The molecular weight excluding hydrogens is 219 g/mol. The SMILES string of the molecule is CCC[C@H](N)C(=O)N(C)Cc1ccccc1F. The second kappa shape index (κ2) is 6.35. The van der Waals surface area contributed by atoms with Crippen LogP contribution in [-0.2, 0) is 11.3 Å². The van der Waals surface area contributed by atoms with Crippen LogP contribution in [0.25, 0.3) is 0 Å². The molecular formula is C13H19FN2O. The van der Waals surface area contributed by atoms with Gasteiger partial charge in [-0.25, -0.2) is 4.39 Å². The van der Waals surface area contributed by atoms with Gasteiger partial charge in [0.1, 0.15) is 5.82 Å². The lowest BCUT2D eigenvalue weighted by Crippen LogP contribution is -2.41. The number of halogens is 1. The van der Waals surface area contributed by atoms with E-state index in [0.29, 0.717) is 12.0 Å². The lowest BCUT2D eigenvalue weighted by Gasteiger charge is -2.21. The summed E-state index contributed by atoms with van der Waals surface area (Å²) in [5.41, 5.74) is 6.24. The lowest BCUT2D eigenvalue weighted by molar-refractivity contribution is -0.132. The number of nitrogens with two attached hydrogens (primary N) is 1. The molecule has 0 aliphatic rings. The van der Waals surface area contributed by atoms with E-state index in [4.69, 9.17) is 5.73 Å². The number of nitrogens with zero attached hydrogens (tertiary/aromatic N) is 1. The molecule has 1 aromatic rings. The van der Waals surface area contributed by atoms with Crippen molar-refractivity contribution in [2.75, 3.05) is 7.05 Å². The molecule has 0 aromatic heterocycles. The number of benzene rings is 1. The maximum Gasteiger partial charge on any atom is 0.239 e. The van der Waals surface area contributed by atoms with E-state index in [1.807, 2.05) is 6.92 Å². The Hall–Kier alpha value is -1.42. The number of hydrogen-bond donors (Lipinski definition) is 1. The molecule has 3 nitrogen and oxygen atoms in total. The first-order valence-electron chi connectivity index (χ1n) is 5.80. The molecule has 0 heterocycles. The molecule has 1 aromatic carbocycles. The Morgan fingerprint density at radius 2 is 2.12 bits per heavy atom. The van der Waals surface area contributed by atoms with Crippen molar-refractivity contribution < 1.29 is 9.18 Å². The molecule has 0 aliphatic heterocycles. The summed E-state index contributed by atoms with van der Waals surface area (Å²) >= 11 is 0. The van der Waals surface area contributed by atoms with Crippen LogP contribution in [0.15, 0.2) is 24.3 Å². The van der Waals surface area contributed by atoms with Gasteiger partial charge in [-0.15, -0.1) is 0 Å². The average molecular weight is 238 g/mol. The van der Waals surface area contributed by atoms with Crippen LogP contribution in [0.1, 0.15) is 25.3 Å². The van der Waals surface area contributed by atoms with Crippen LogP contribution >= 0.6 is 0 Å². The minimum Gasteiger partial charge on any atom is -0.340 e. The summed E-state index contributed by atoms with van der Waals surface area (Å²) in [5.74, 6) is -0.439. The second-order valence-electron chi connectivity index (χ2n) is 4.18. The largest absolute Gasteiger partial charge is 0.340 e. The first-order chi connectivity index (χ1) is 8.06. The van der Waals surface area contributed by atoms with Gasteiger partial charge in [-0.3, -0.25) is 4.79 Å². The fraction of sp³-hybridized carbons (Fsp3) is 0.462. The molecule has 4 heteroatoms. The Labute approximate surface area is 101 Å². The van der Waals surface area contributed by atoms with Gasteiger partial charge in [0, 0.05) is 19.2 Å². The molecule has 17 heavy (non-hydrogen) atoms. The van der Waals surface area contributed by atoms with Gasteiger partial charge in [-0.1, -0.05) is 31.5 Å². The standard InChI is InChI=1S/C13H19FN2O/c1-3-6-12(15)13(17)16(2)9-10-7-4-5-8-11(10)14/h4-5,7-8,12H,3,6,9,15H2,1-2H3/t12-/m0/s1. The zero-order valence-electron chi connectivity index (χ0n) is 10.3. The zero-order chi connectivity index (χ0) is 12.8. The van der Waals surface area contributed by atoms with E-state index in [2.05, 4.69) is 0 Å². The average Bonchev–Trinajstić information content (AvgIpc) is 2.31. The van der Waals surface area contributed by atoms with Crippen LogP contribution in [0.2, 0.25) is 0 Å². The van der Waals surface area contributed by atoms with Crippen LogP contribution < -0.4 is 5.73 Å². The molecule has 0 saturated heterocycles. The van der Waals surface area contributed by atoms with E-state index in [0.717, 1.165) is 6.42 Å². The third-order valence-corrected chi connectivity index (χ3v) is 2.66. The van der Waals surface area contributed by atoms with Crippen molar-refractivity contribution in [2.24, 2.45) is 5.73 Å². The predicted octanol–water partition coefficient (Wildman–Crippen LogP) is 1.91. The Bertz CT molecular complexity index is 381. The molecule has 0 fully saturated rings. The summed E-state index contributed by atoms with van der Waals surface area (Å²) < 4.78 is 13.4. The molecule has 1 atom stereocenters. The van der Waals surface area contributed by atoms with Crippen LogP contribution in [0.4, 0.5) is 4.39 Å². The van der Waals surface area contributed by atoms with E-state index >= 15 is 0 Å². The van der Waals surface area contributed by atoms with Gasteiger partial charge in [-0.2, -0.15) is 0 Å². The number of carbonyl (C=O) groups is 1. The number of rotatable bonds is 5. The van der Waals surface area contributed by atoms with Crippen LogP contribution in [0.3, 0.4) is 0 Å². The number of likely N-dealkylation sites (N-methyl/N-ethyl adjacent to an activating group) is 1. The molecule has 0 aliphatic carbocycles. The normalized spacial score (nSPS) is 12.2. The van der Waals surface area contributed by atoms with Crippen LogP contribution in [0, 0.1) is 5.82 Å². The third-order valence-electron chi connectivity index (χ3n) is 2.66. The van der Waals surface area contributed by atoms with Crippen molar-refractivity contribution in [3.8, 4) is 0 Å². The molecule has 94 valence electrons. The smallest absolute Gasteiger partial charge is 0.239 e. The highest BCUT2D eigenvalue weighted by molar-refractivity contribution is 5.81. The predicted molar refractivity (Wildman–Crippen MR) is 65.8 cm³/mol. The van der Waals surface area contributed by atoms with Crippen molar-refractivity contribution in [3.63, 3.8) is 0 Å².